The zero-order chi connectivity index (χ0) is 62.3. The lowest BCUT2D eigenvalue weighted by Gasteiger charge is -2.21. The maximum Gasteiger partial charge on any atom is 0.255 e. The van der Waals surface area contributed by atoms with Gasteiger partial charge >= 0.3 is 0 Å². The third-order valence-electron chi connectivity index (χ3n) is 15.8. The van der Waals surface area contributed by atoms with Gasteiger partial charge in [-0.1, -0.05) is 79.7 Å². The Kier molecular flexibility index (Phi) is 16.4. The fourth-order valence-electron chi connectivity index (χ4n) is 11.3. The number of amides is 2. The van der Waals surface area contributed by atoms with Crippen LogP contribution in [0, 0.1) is 11.6 Å². The van der Waals surface area contributed by atoms with Gasteiger partial charge in [0.05, 0.1) is 35.0 Å². The SMILES string of the molecule is CCCn1c(-c2cccc(-c3cc4c(C(=O)NC)c(-c5ccc(F)cc5)oc4cc3N(C)S(C)(=O)=O)c2)cc2ccccc21.CNC(=O)c1c(-c2ccc(F)cc2)oc2cc(N(C)S(C)(=O)=O)c(-c3cccc(-c4cc5ccccc5n4CCN)c3)cc12. The molecule has 0 atom stereocenters. The summed E-state index contributed by atoms with van der Waals surface area (Å²) in [5.74, 6) is -1.08. The number of furan rings is 2. The number of para-hydroxylation sites is 2. The number of anilines is 2. The second-order valence-corrected chi connectivity index (χ2v) is 25.4. The average Bonchev–Trinajstić information content (AvgIpc) is 1.59. The number of hydrogen-bond donors (Lipinski definition) is 3. The molecule has 0 aliphatic rings. The molecule has 2 amide bonds. The van der Waals surface area contributed by atoms with Crippen molar-refractivity contribution in [2.75, 3.05) is 55.9 Å². The predicted molar refractivity (Wildman–Crippen MR) is 349 cm³/mol. The predicted octanol–water partition coefficient (Wildman–Crippen LogP) is 13.9. The highest BCUT2D eigenvalue weighted by molar-refractivity contribution is 7.92. The molecule has 0 saturated carbocycles. The minimum atomic E-state index is -3.68. The molecule has 448 valence electrons. The lowest BCUT2D eigenvalue weighted by Crippen LogP contribution is -2.25. The minimum Gasteiger partial charge on any atom is -0.455 e. The Bertz CT molecular complexity index is 4610. The van der Waals surface area contributed by atoms with Gasteiger partial charge in [-0.05, 0) is 126 Å². The number of fused-ring (bicyclic) bond motifs is 4. The van der Waals surface area contributed by atoms with Crippen LogP contribution in [0.2, 0.25) is 0 Å². The van der Waals surface area contributed by atoms with Gasteiger partial charge in [0.15, 0.2) is 0 Å². The van der Waals surface area contributed by atoms with Crippen molar-refractivity contribution in [1.29, 1.82) is 0 Å². The van der Waals surface area contributed by atoms with E-state index in [0.717, 1.165) is 80.9 Å². The summed E-state index contributed by atoms with van der Waals surface area (Å²) >= 11 is 0. The molecule has 0 saturated heterocycles. The number of nitrogens with two attached hydrogens (primary N) is 1. The normalized spacial score (nSPS) is 11.8. The molecule has 12 aromatic rings. The topological polar surface area (TPSA) is 195 Å². The highest BCUT2D eigenvalue weighted by Gasteiger charge is 2.29. The second kappa shape index (κ2) is 24.2. The summed E-state index contributed by atoms with van der Waals surface area (Å²) in [5.41, 5.74) is 17.9. The third-order valence-corrected chi connectivity index (χ3v) is 18.2. The van der Waals surface area contributed by atoms with Crippen molar-refractivity contribution in [2.24, 2.45) is 5.73 Å². The van der Waals surface area contributed by atoms with Crippen LogP contribution in [0.4, 0.5) is 20.2 Å². The summed E-state index contributed by atoms with van der Waals surface area (Å²) in [6.45, 7) is 4.08. The maximum absolute atomic E-state index is 13.7. The highest BCUT2D eigenvalue weighted by atomic mass is 32.2. The van der Waals surface area contributed by atoms with E-state index in [4.69, 9.17) is 14.6 Å². The van der Waals surface area contributed by atoms with E-state index in [-0.39, 0.29) is 28.6 Å². The van der Waals surface area contributed by atoms with E-state index < -0.39 is 37.6 Å². The lowest BCUT2D eigenvalue weighted by atomic mass is 9.96. The molecular weight excluding hydrogens is 1160 g/mol. The van der Waals surface area contributed by atoms with Crippen LogP contribution in [0.15, 0.2) is 191 Å². The van der Waals surface area contributed by atoms with Crippen molar-refractivity contribution in [1.82, 2.24) is 19.8 Å². The van der Waals surface area contributed by atoms with Crippen molar-refractivity contribution in [3.05, 3.63) is 205 Å². The van der Waals surface area contributed by atoms with Gasteiger partial charge in [-0.3, -0.25) is 18.2 Å². The summed E-state index contributed by atoms with van der Waals surface area (Å²) in [7, 11) is -1.32. The number of rotatable bonds is 16. The van der Waals surface area contributed by atoms with Crippen LogP contribution in [-0.4, -0.2) is 85.0 Å². The quantitative estimate of drug-likeness (QED) is 0.0843. The third kappa shape index (κ3) is 11.4. The summed E-state index contributed by atoms with van der Waals surface area (Å²) in [5, 5.41) is 8.58. The number of aromatic nitrogens is 2. The van der Waals surface area contributed by atoms with Crippen molar-refractivity contribution >= 4 is 87.0 Å². The first-order chi connectivity index (χ1) is 42.2. The van der Waals surface area contributed by atoms with Crippen LogP contribution in [0.5, 0.6) is 0 Å². The first-order valence-electron chi connectivity index (χ1n) is 28.3. The number of benzene rings is 8. The zero-order valence-electron chi connectivity index (χ0n) is 49.4. The Labute approximate surface area is 508 Å². The van der Waals surface area contributed by atoms with Gasteiger partial charge in [-0.25, -0.2) is 25.6 Å². The van der Waals surface area contributed by atoms with E-state index in [1.807, 2.05) is 72.8 Å². The van der Waals surface area contributed by atoms with Gasteiger partial charge in [0, 0.05) is 126 Å². The highest BCUT2D eigenvalue weighted by Crippen LogP contribution is 2.45. The van der Waals surface area contributed by atoms with E-state index in [0.29, 0.717) is 68.7 Å². The number of sulfonamides is 2. The van der Waals surface area contributed by atoms with Crippen LogP contribution >= 0.6 is 0 Å². The lowest BCUT2D eigenvalue weighted by molar-refractivity contribution is 0.0956. The molecule has 4 heterocycles. The van der Waals surface area contributed by atoms with Gasteiger partial charge in [0.1, 0.15) is 34.3 Å². The van der Waals surface area contributed by atoms with E-state index in [1.165, 1.54) is 73.2 Å². The fourth-order valence-corrected chi connectivity index (χ4v) is 12.4. The Balaban J connectivity index is 0.000000182. The Morgan fingerprint density at radius 1 is 0.500 bits per heavy atom. The van der Waals surface area contributed by atoms with Crippen LogP contribution in [0.1, 0.15) is 34.1 Å². The van der Waals surface area contributed by atoms with Crippen molar-refractivity contribution in [2.45, 2.75) is 26.4 Å². The fraction of sp³-hybridized carbons (Fsp3) is 0.159. The van der Waals surface area contributed by atoms with Gasteiger partial charge < -0.3 is 34.3 Å². The Hall–Kier alpha value is -9.82. The number of aryl methyl sites for hydroxylation is 1. The summed E-state index contributed by atoms with van der Waals surface area (Å²) in [6, 6.07) is 54.6. The van der Waals surface area contributed by atoms with Crippen molar-refractivity contribution < 1.29 is 44.0 Å². The number of carbonyl (C=O) groups excluding carboxylic acids is 2. The molecule has 88 heavy (non-hydrogen) atoms. The van der Waals surface area contributed by atoms with Crippen molar-refractivity contribution in [3.8, 4) is 67.4 Å². The number of nitrogens with one attached hydrogen (secondary N) is 2. The largest absolute Gasteiger partial charge is 0.455 e. The van der Waals surface area contributed by atoms with E-state index in [9.17, 15) is 35.2 Å². The summed E-state index contributed by atoms with van der Waals surface area (Å²) in [6.07, 6.45) is 3.23. The van der Waals surface area contributed by atoms with Gasteiger partial charge in [-0.15, -0.1) is 0 Å². The molecule has 0 bridgehead atoms. The molecule has 0 unspecified atom stereocenters. The van der Waals surface area contributed by atoms with Crippen LogP contribution in [0.3, 0.4) is 0 Å². The van der Waals surface area contributed by atoms with E-state index in [2.05, 4.69) is 63.1 Å². The van der Waals surface area contributed by atoms with Crippen LogP contribution in [0.25, 0.3) is 111 Å². The minimum absolute atomic E-state index is 0.254. The van der Waals surface area contributed by atoms with Crippen molar-refractivity contribution in [3.63, 3.8) is 0 Å². The maximum atomic E-state index is 13.7. The van der Waals surface area contributed by atoms with Crippen LogP contribution in [-0.2, 0) is 33.1 Å². The number of halogens is 2. The van der Waals surface area contributed by atoms with Gasteiger partial charge in [0.2, 0.25) is 20.0 Å². The molecular formula is C69H63F2N7O8S2. The summed E-state index contributed by atoms with van der Waals surface area (Å²) < 4.78 is 98.0. The molecule has 4 aromatic heterocycles. The number of carbonyl (C=O) groups is 2. The molecule has 19 heteroatoms. The average molecular weight is 1220 g/mol. The van der Waals surface area contributed by atoms with Gasteiger partial charge in [0.25, 0.3) is 11.8 Å². The molecule has 4 N–H and O–H groups in total. The molecule has 0 aliphatic heterocycles. The first kappa shape index (κ1) is 59.9. The number of hydrogen-bond acceptors (Lipinski definition) is 9. The Morgan fingerprint density at radius 3 is 1.26 bits per heavy atom. The molecule has 0 aliphatic carbocycles. The zero-order valence-corrected chi connectivity index (χ0v) is 51.0. The number of nitrogens with zero attached hydrogens (tertiary/aromatic N) is 4. The van der Waals surface area contributed by atoms with E-state index >= 15 is 0 Å². The van der Waals surface area contributed by atoms with Crippen LogP contribution < -0.4 is 25.0 Å². The second-order valence-electron chi connectivity index (χ2n) is 21.4. The molecule has 8 aromatic carbocycles. The standard InChI is InChI=1S/C35H32FN3O4S.C34H31FN4O4S/c1-5-17-39-29-12-7-6-9-25(29)19-30(39)24-11-8-10-23(18-24)27-20-28-32(21-31(27)38(3)44(4,41)42)43-34(33(28)35(40)37-2)22-13-15-26(36)16-14-22;1-37-34(40)32-27-19-26(22-8-6-9-23(17-22)29-18-24-7-4-5-10-28(24)39(29)16-15-36)30(38(2)44(3,41)42)20-31(27)43-33(32)21-11-13-25(35)14-12-21/h6-16,18-21H,5,17H2,1-4H3,(H,37,40);4-14,17-20H,15-16,36H2,1-3H3,(H,37,40). The molecule has 0 radical (unpaired) electrons. The van der Waals surface area contributed by atoms with E-state index in [1.54, 1.807) is 36.4 Å². The monoisotopic (exact) mass is 1220 g/mol. The molecule has 15 nitrogen and oxygen atoms in total. The molecule has 0 spiro atoms. The van der Waals surface area contributed by atoms with Gasteiger partial charge in [-0.2, -0.15) is 0 Å². The molecule has 0 fully saturated rings. The molecule has 12 rings (SSSR count). The Morgan fingerprint density at radius 2 is 0.886 bits per heavy atom. The summed E-state index contributed by atoms with van der Waals surface area (Å²) in [4.78, 5) is 26.5. The smallest absolute Gasteiger partial charge is 0.255 e. The first-order valence-corrected chi connectivity index (χ1v) is 32.0.